The Bertz CT molecular complexity index is 704. The normalized spacial score (nSPS) is 19.1. The number of nitrogens with zero attached hydrogens (tertiary/aromatic N) is 3. The van der Waals surface area contributed by atoms with Crippen LogP contribution in [0.4, 0.5) is 0 Å². The second-order valence-corrected chi connectivity index (χ2v) is 4.96. The molecule has 4 heteroatoms. The fourth-order valence-electron chi connectivity index (χ4n) is 2.34. The molecule has 1 aliphatic rings. The van der Waals surface area contributed by atoms with Crippen LogP contribution in [-0.2, 0) is 4.74 Å². The molecule has 102 valence electrons. The van der Waals surface area contributed by atoms with Crippen LogP contribution in [0.25, 0.3) is 16.7 Å². The van der Waals surface area contributed by atoms with Crippen molar-refractivity contribution >= 4 is 16.7 Å². The minimum Gasteiger partial charge on any atom is -0.494 e. The Labute approximate surface area is 118 Å². The lowest BCUT2D eigenvalue weighted by Crippen LogP contribution is -2.07. The summed E-state index contributed by atoms with van der Waals surface area (Å²) in [6.45, 7) is 4.16. The van der Waals surface area contributed by atoms with Gasteiger partial charge in [0.1, 0.15) is 22.5 Å². The summed E-state index contributed by atoms with van der Waals surface area (Å²) in [6, 6.07) is 7.85. The maximum Gasteiger partial charge on any atom is 0.148 e. The highest BCUT2D eigenvalue weighted by atomic mass is 16.5. The molecule has 1 aromatic carbocycles. The van der Waals surface area contributed by atoms with E-state index in [1.807, 2.05) is 31.2 Å². The van der Waals surface area contributed by atoms with Crippen LogP contribution >= 0.6 is 0 Å². The van der Waals surface area contributed by atoms with Gasteiger partial charge in [-0.3, -0.25) is 0 Å². The molecule has 3 rings (SSSR count). The summed E-state index contributed by atoms with van der Waals surface area (Å²) in [5.74, 6) is 1.12. The number of aromatic nitrogens is 3. The third-order valence-corrected chi connectivity index (χ3v) is 3.37. The first-order chi connectivity index (χ1) is 9.69. The topological polar surface area (TPSA) is 39.9 Å². The van der Waals surface area contributed by atoms with Gasteiger partial charge in [0.2, 0.25) is 0 Å². The van der Waals surface area contributed by atoms with Crippen LogP contribution in [0.5, 0.6) is 0 Å². The van der Waals surface area contributed by atoms with Gasteiger partial charge in [-0.1, -0.05) is 31.2 Å². The predicted molar refractivity (Wildman–Crippen MR) is 79.8 cm³/mol. The van der Waals surface area contributed by atoms with Gasteiger partial charge in [-0.25, -0.2) is 0 Å². The van der Waals surface area contributed by atoms with Crippen molar-refractivity contribution in [2.45, 2.75) is 13.8 Å². The van der Waals surface area contributed by atoms with E-state index in [1.54, 1.807) is 11.9 Å². The van der Waals surface area contributed by atoms with Crippen LogP contribution in [0.3, 0.4) is 0 Å². The molecule has 2 aromatic rings. The van der Waals surface area contributed by atoms with E-state index in [0.717, 1.165) is 28.1 Å². The minimum atomic E-state index is 0.307. The average molecular weight is 267 g/mol. The van der Waals surface area contributed by atoms with Gasteiger partial charge in [0, 0.05) is 0 Å². The van der Waals surface area contributed by atoms with Gasteiger partial charge >= 0.3 is 0 Å². The van der Waals surface area contributed by atoms with E-state index in [1.165, 1.54) is 0 Å². The number of fused-ring (bicyclic) bond motifs is 1. The molecule has 1 aliphatic carbocycles. The molecule has 1 aromatic heterocycles. The summed E-state index contributed by atoms with van der Waals surface area (Å²) in [6.07, 6.45) is 6.34. The number of benzene rings is 1. The molecule has 0 unspecified atom stereocenters. The van der Waals surface area contributed by atoms with Crippen molar-refractivity contribution < 1.29 is 4.74 Å². The molecule has 0 N–H and O–H groups in total. The highest BCUT2D eigenvalue weighted by Crippen LogP contribution is 2.26. The Morgan fingerprint density at radius 2 is 1.80 bits per heavy atom. The molecule has 0 aliphatic heterocycles. The van der Waals surface area contributed by atoms with Gasteiger partial charge in [0.25, 0.3) is 0 Å². The summed E-state index contributed by atoms with van der Waals surface area (Å²) < 4.78 is 5.55. The third kappa shape index (κ3) is 2.13. The zero-order valence-electron chi connectivity index (χ0n) is 11.9. The van der Waals surface area contributed by atoms with Crippen molar-refractivity contribution in [2.75, 3.05) is 7.11 Å². The van der Waals surface area contributed by atoms with Crippen LogP contribution in [0.2, 0.25) is 0 Å². The molecule has 0 bridgehead atoms. The van der Waals surface area contributed by atoms with Crippen molar-refractivity contribution in [1.29, 1.82) is 0 Å². The number of ether oxygens (including phenoxy) is 1. The van der Waals surface area contributed by atoms with Crippen molar-refractivity contribution in [3.8, 4) is 0 Å². The van der Waals surface area contributed by atoms with Gasteiger partial charge in [-0.05, 0) is 36.6 Å². The van der Waals surface area contributed by atoms with Crippen molar-refractivity contribution in [3.05, 3.63) is 53.8 Å². The van der Waals surface area contributed by atoms with E-state index in [9.17, 15) is 0 Å². The largest absolute Gasteiger partial charge is 0.494 e. The molecule has 1 atom stereocenters. The van der Waals surface area contributed by atoms with Crippen molar-refractivity contribution in [3.63, 3.8) is 0 Å². The lowest BCUT2D eigenvalue weighted by Gasteiger charge is -2.11. The SMILES string of the molecule is COC1=C(C)C=C[C@@H](C)C=C1n1nc2ccccc2n1. The lowest BCUT2D eigenvalue weighted by atomic mass is 10.1. The average Bonchev–Trinajstić information content (AvgIpc) is 2.82. The zero-order valence-corrected chi connectivity index (χ0v) is 11.9. The highest BCUT2D eigenvalue weighted by molar-refractivity contribution is 5.75. The minimum absolute atomic E-state index is 0.307. The second-order valence-electron chi connectivity index (χ2n) is 4.96. The molecule has 1 heterocycles. The fraction of sp³-hybridized carbons (Fsp3) is 0.250. The summed E-state index contributed by atoms with van der Waals surface area (Å²) in [5, 5.41) is 9.08. The molecular formula is C16H17N3O. The molecule has 20 heavy (non-hydrogen) atoms. The Kier molecular flexibility index (Phi) is 3.14. The first-order valence-corrected chi connectivity index (χ1v) is 6.67. The number of allylic oxidation sites excluding steroid dienone is 5. The maximum absolute atomic E-state index is 5.55. The summed E-state index contributed by atoms with van der Waals surface area (Å²) in [5.41, 5.74) is 3.72. The number of methoxy groups -OCH3 is 1. The molecular weight excluding hydrogens is 250 g/mol. The van der Waals surface area contributed by atoms with E-state index in [4.69, 9.17) is 4.74 Å². The molecule has 0 saturated carbocycles. The smallest absolute Gasteiger partial charge is 0.148 e. The first-order valence-electron chi connectivity index (χ1n) is 6.67. The molecule has 0 radical (unpaired) electrons. The summed E-state index contributed by atoms with van der Waals surface area (Å²) in [4.78, 5) is 1.66. The van der Waals surface area contributed by atoms with E-state index in [-0.39, 0.29) is 0 Å². The van der Waals surface area contributed by atoms with Crippen molar-refractivity contribution in [1.82, 2.24) is 15.0 Å². The van der Waals surface area contributed by atoms with E-state index in [2.05, 4.69) is 35.3 Å². The fourth-order valence-corrected chi connectivity index (χ4v) is 2.34. The quantitative estimate of drug-likeness (QED) is 0.837. The molecule has 0 fully saturated rings. The second kappa shape index (κ2) is 4.96. The Morgan fingerprint density at radius 3 is 2.40 bits per heavy atom. The Balaban J connectivity index is 2.17. The number of rotatable bonds is 2. The standard InChI is InChI=1S/C16H17N3O/c1-11-8-9-12(2)16(20-3)15(10-11)19-17-13-6-4-5-7-14(13)18-19/h4-11H,1-3H3/t11-/m1/s1. The lowest BCUT2D eigenvalue weighted by molar-refractivity contribution is 0.302. The van der Waals surface area contributed by atoms with E-state index < -0.39 is 0 Å². The highest BCUT2D eigenvalue weighted by Gasteiger charge is 2.17. The van der Waals surface area contributed by atoms with Crippen LogP contribution in [0, 0.1) is 5.92 Å². The monoisotopic (exact) mass is 267 g/mol. The van der Waals surface area contributed by atoms with Gasteiger partial charge in [-0.15, -0.1) is 15.0 Å². The predicted octanol–water partition coefficient (Wildman–Crippen LogP) is 3.40. The van der Waals surface area contributed by atoms with Crippen LogP contribution < -0.4 is 0 Å². The number of hydrogen-bond acceptors (Lipinski definition) is 3. The van der Waals surface area contributed by atoms with Crippen LogP contribution in [-0.4, -0.2) is 22.1 Å². The molecule has 0 amide bonds. The Morgan fingerprint density at radius 1 is 1.15 bits per heavy atom. The third-order valence-electron chi connectivity index (χ3n) is 3.37. The molecule has 0 spiro atoms. The molecule has 0 saturated heterocycles. The maximum atomic E-state index is 5.55. The number of hydrogen-bond donors (Lipinski definition) is 0. The van der Waals surface area contributed by atoms with Gasteiger partial charge in [0.15, 0.2) is 0 Å². The van der Waals surface area contributed by atoms with Gasteiger partial charge in [-0.2, -0.15) is 0 Å². The zero-order chi connectivity index (χ0) is 14.1. The first kappa shape index (κ1) is 12.7. The van der Waals surface area contributed by atoms with Gasteiger partial charge < -0.3 is 4.74 Å². The van der Waals surface area contributed by atoms with Crippen LogP contribution in [0.15, 0.2) is 53.8 Å². The Hall–Kier alpha value is -2.36. The van der Waals surface area contributed by atoms with E-state index >= 15 is 0 Å². The molecule has 4 nitrogen and oxygen atoms in total. The van der Waals surface area contributed by atoms with Gasteiger partial charge in [0.05, 0.1) is 7.11 Å². The summed E-state index contributed by atoms with van der Waals surface area (Å²) >= 11 is 0. The van der Waals surface area contributed by atoms with Crippen molar-refractivity contribution in [2.24, 2.45) is 5.92 Å². The van der Waals surface area contributed by atoms with E-state index in [0.29, 0.717) is 5.92 Å². The summed E-state index contributed by atoms with van der Waals surface area (Å²) in [7, 11) is 1.68. The van der Waals surface area contributed by atoms with Crippen LogP contribution in [0.1, 0.15) is 13.8 Å².